The van der Waals surface area contributed by atoms with E-state index in [4.69, 9.17) is 4.74 Å². The summed E-state index contributed by atoms with van der Waals surface area (Å²) in [6, 6.07) is 27.7. The minimum absolute atomic E-state index is 0.0846. The standard InChI is InChI=1S/C28H22N2O4/c1-18(28(33)29-23-14-8-10-19-9-2-3-11-20(19)23)34-26(31)17-30-24-15-6-4-12-21(24)27(32)22-13-5-7-16-25(22)30/h2-16,18H,17H2,1H3,(H,29,33). The molecule has 168 valence electrons. The highest BCUT2D eigenvalue weighted by molar-refractivity contribution is 6.04. The molecule has 1 heterocycles. The fraction of sp³-hybridized carbons (Fsp3) is 0.107. The number of esters is 1. The van der Waals surface area contributed by atoms with Crippen LogP contribution in [0, 0.1) is 0 Å². The van der Waals surface area contributed by atoms with Gasteiger partial charge in [0.15, 0.2) is 11.5 Å². The summed E-state index contributed by atoms with van der Waals surface area (Å²) in [5.74, 6) is -0.987. The molecule has 0 aliphatic carbocycles. The van der Waals surface area contributed by atoms with Gasteiger partial charge in [-0.25, -0.2) is 0 Å². The lowest BCUT2D eigenvalue weighted by Crippen LogP contribution is -2.31. The minimum Gasteiger partial charge on any atom is -0.451 e. The predicted molar refractivity (Wildman–Crippen MR) is 134 cm³/mol. The zero-order valence-electron chi connectivity index (χ0n) is 18.5. The second-order valence-corrected chi connectivity index (χ2v) is 8.10. The van der Waals surface area contributed by atoms with Gasteiger partial charge in [0.05, 0.1) is 11.0 Å². The average Bonchev–Trinajstić information content (AvgIpc) is 2.86. The summed E-state index contributed by atoms with van der Waals surface area (Å²) in [7, 11) is 0. The van der Waals surface area contributed by atoms with Crippen LogP contribution in [0.15, 0.2) is 95.8 Å². The van der Waals surface area contributed by atoms with E-state index in [2.05, 4.69) is 5.32 Å². The van der Waals surface area contributed by atoms with Crippen molar-refractivity contribution in [3.05, 3.63) is 101 Å². The molecule has 1 aromatic heterocycles. The van der Waals surface area contributed by atoms with E-state index in [1.54, 1.807) is 47.9 Å². The molecule has 0 bridgehead atoms. The Hall–Kier alpha value is -4.45. The average molecular weight is 450 g/mol. The van der Waals surface area contributed by atoms with Gasteiger partial charge < -0.3 is 14.6 Å². The number of anilines is 1. The maximum absolute atomic E-state index is 12.9. The van der Waals surface area contributed by atoms with Crippen molar-refractivity contribution in [2.24, 2.45) is 0 Å². The zero-order valence-corrected chi connectivity index (χ0v) is 18.5. The molecular weight excluding hydrogens is 428 g/mol. The number of hydrogen-bond acceptors (Lipinski definition) is 4. The summed E-state index contributed by atoms with van der Waals surface area (Å²) >= 11 is 0. The van der Waals surface area contributed by atoms with E-state index in [0.717, 1.165) is 10.8 Å². The van der Waals surface area contributed by atoms with E-state index in [1.165, 1.54) is 0 Å². The number of nitrogens with one attached hydrogen (secondary N) is 1. The van der Waals surface area contributed by atoms with E-state index in [0.29, 0.717) is 27.5 Å². The van der Waals surface area contributed by atoms with Crippen molar-refractivity contribution in [2.45, 2.75) is 19.6 Å². The number of para-hydroxylation sites is 2. The fourth-order valence-electron chi connectivity index (χ4n) is 4.23. The van der Waals surface area contributed by atoms with Crippen LogP contribution >= 0.6 is 0 Å². The monoisotopic (exact) mass is 450 g/mol. The lowest BCUT2D eigenvalue weighted by atomic mass is 10.1. The quantitative estimate of drug-likeness (QED) is 0.306. The Morgan fingerprint density at radius 2 is 1.35 bits per heavy atom. The molecule has 5 aromatic rings. The Kier molecular flexibility index (Phi) is 5.55. The van der Waals surface area contributed by atoms with Crippen molar-refractivity contribution in [3.63, 3.8) is 0 Å². The van der Waals surface area contributed by atoms with E-state index in [9.17, 15) is 14.4 Å². The van der Waals surface area contributed by atoms with Crippen LogP contribution in [0.3, 0.4) is 0 Å². The number of aromatic nitrogens is 1. The number of nitrogens with zero attached hydrogens (tertiary/aromatic N) is 1. The van der Waals surface area contributed by atoms with Crippen LogP contribution in [-0.2, 0) is 20.9 Å². The maximum atomic E-state index is 12.9. The molecule has 6 nitrogen and oxygen atoms in total. The number of carbonyl (C=O) groups is 2. The first-order chi connectivity index (χ1) is 16.5. The molecule has 34 heavy (non-hydrogen) atoms. The van der Waals surface area contributed by atoms with Gasteiger partial charge in [0.2, 0.25) is 0 Å². The SMILES string of the molecule is CC(OC(=O)Cn1c2ccccc2c(=O)c2ccccc21)C(=O)Nc1cccc2ccccc12. The van der Waals surface area contributed by atoms with Crippen LogP contribution in [0.1, 0.15) is 6.92 Å². The number of amides is 1. The van der Waals surface area contributed by atoms with E-state index < -0.39 is 18.0 Å². The van der Waals surface area contributed by atoms with Gasteiger partial charge in [-0.1, -0.05) is 60.7 Å². The van der Waals surface area contributed by atoms with E-state index >= 15 is 0 Å². The summed E-state index contributed by atoms with van der Waals surface area (Å²) in [6.07, 6.45) is -0.997. The minimum atomic E-state index is -0.997. The molecular formula is C28H22N2O4. The summed E-state index contributed by atoms with van der Waals surface area (Å²) in [6.45, 7) is 1.41. The Morgan fingerprint density at radius 1 is 0.794 bits per heavy atom. The number of ether oxygens (including phenoxy) is 1. The molecule has 0 aliphatic heterocycles. The normalized spacial score (nSPS) is 12.0. The smallest absolute Gasteiger partial charge is 0.326 e. The number of carbonyl (C=O) groups excluding carboxylic acids is 2. The van der Waals surface area contributed by atoms with Crippen LogP contribution in [0.5, 0.6) is 0 Å². The number of hydrogen-bond donors (Lipinski definition) is 1. The Morgan fingerprint density at radius 3 is 2.03 bits per heavy atom. The molecule has 1 N–H and O–H groups in total. The third-order valence-electron chi connectivity index (χ3n) is 5.89. The Balaban J connectivity index is 1.38. The molecule has 0 fully saturated rings. The van der Waals surface area contributed by atoms with Gasteiger partial charge in [0.25, 0.3) is 5.91 Å². The molecule has 0 saturated carbocycles. The van der Waals surface area contributed by atoms with Crippen LogP contribution in [0.2, 0.25) is 0 Å². The topological polar surface area (TPSA) is 77.4 Å². The van der Waals surface area contributed by atoms with E-state index in [-0.39, 0.29) is 12.0 Å². The van der Waals surface area contributed by atoms with Gasteiger partial charge in [-0.05, 0) is 42.6 Å². The van der Waals surface area contributed by atoms with Gasteiger partial charge >= 0.3 is 5.97 Å². The Bertz CT molecular complexity index is 1550. The molecule has 0 radical (unpaired) electrons. The van der Waals surface area contributed by atoms with Gasteiger partial charge in [0, 0.05) is 21.8 Å². The molecule has 0 spiro atoms. The van der Waals surface area contributed by atoms with Crippen LogP contribution in [-0.4, -0.2) is 22.5 Å². The third-order valence-corrected chi connectivity index (χ3v) is 5.89. The maximum Gasteiger partial charge on any atom is 0.326 e. The fourth-order valence-corrected chi connectivity index (χ4v) is 4.23. The summed E-state index contributed by atoms with van der Waals surface area (Å²) < 4.78 is 7.23. The summed E-state index contributed by atoms with van der Waals surface area (Å²) in [4.78, 5) is 38.5. The number of pyridine rings is 1. The highest BCUT2D eigenvalue weighted by Gasteiger charge is 2.20. The van der Waals surface area contributed by atoms with Crippen molar-refractivity contribution in [1.82, 2.24) is 4.57 Å². The summed E-state index contributed by atoms with van der Waals surface area (Å²) in [5, 5.41) is 5.81. The van der Waals surface area contributed by atoms with Crippen molar-refractivity contribution in [1.29, 1.82) is 0 Å². The first kappa shape index (κ1) is 21.4. The highest BCUT2D eigenvalue weighted by Crippen LogP contribution is 2.23. The van der Waals surface area contributed by atoms with Crippen molar-refractivity contribution in [2.75, 3.05) is 5.32 Å². The number of fused-ring (bicyclic) bond motifs is 3. The zero-order chi connectivity index (χ0) is 23.7. The van der Waals surface area contributed by atoms with Gasteiger partial charge in [-0.15, -0.1) is 0 Å². The predicted octanol–water partition coefficient (Wildman–Crippen LogP) is 4.88. The molecule has 1 atom stereocenters. The molecule has 1 unspecified atom stereocenters. The van der Waals surface area contributed by atoms with E-state index in [1.807, 2.05) is 54.6 Å². The summed E-state index contributed by atoms with van der Waals surface area (Å²) in [5.41, 5.74) is 1.84. The molecule has 0 aliphatic rings. The van der Waals surface area contributed by atoms with Crippen LogP contribution < -0.4 is 10.7 Å². The van der Waals surface area contributed by atoms with Crippen molar-refractivity contribution < 1.29 is 14.3 Å². The largest absolute Gasteiger partial charge is 0.451 e. The van der Waals surface area contributed by atoms with Crippen molar-refractivity contribution >= 4 is 50.1 Å². The second kappa shape index (κ2) is 8.83. The van der Waals surface area contributed by atoms with Crippen LogP contribution in [0.25, 0.3) is 32.6 Å². The highest BCUT2D eigenvalue weighted by atomic mass is 16.5. The lowest BCUT2D eigenvalue weighted by Gasteiger charge is -2.17. The molecule has 4 aromatic carbocycles. The number of rotatable bonds is 5. The van der Waals surface area contributed by atoms with Gasteiger partial charge in [0.1, 0.15) is 6.54 Å². The first-order valence-corrected chi connectivity index (χ1v) is 11.0. The second-order valence-electron chi connectivity index (χ2n) is 8.10. The lowest BCUT2D eigenvalue weighted by molar-refractivity contribution is -0.153. The Labute approximate surface area is 195 Å². The molecule has 0 saturated heterocycles. The molecule has 1 amide bonds. The van der Waals surface area contributed by atoms with Gasteiger partial charge in [-0.3, -0.25) is 14.4 Å². The first-order valence-electron chi connectivity index (χ1n) is 11.0. The van der Waals surface area contributed by atoms with Gasteiger partial charge in [-0.2, -0.15) is 0 Å². The third kappa shape index (κ3) is 3.90. The molecule has 5 rings (SSSR count). The number of benzene rings is 4. The van der Waals surface area contributed by atoms with Crippen molar-refractivity contribution in [3.8, 4) is 0 Å². The van der Waals surface area contributed by atoms with Crippen LogP contribution in [0.4, 0.5) is 5.69 Å². The molecule has 6 heteroatoms.